The molecule has 0 aliphatic carbocycles. The maximum atomic E-state index is 13.9. The Labute approximate surface area is 120 Å². The van der Waals surface area contributed by atoms with Crippen molar-refractivity contribution in [3.05, 3.63) is 35.1 Å². The Balaban J connectivity index is 2.16. The molecule has 1 aromatic rings. The van der Waals surface area contributed by atoms with Gasteiger partial charge in [0, 0.05) is 5.56 Å². The summed E-state index contributed by atoms with van der Waals surface area (Å²) in [7, 11) is 0. The molecule has 0 aromatic heterocycles. The maximum Gasteiger partial charge on any atom is 0.267 e. The fourth-order valence-electron chi connectivity index (χ4n) is 2.09. The van der Waals surface area contributed by atoms with Crippen LogP contribution in [0.4, 0.5) is 8.78 Å². The van der Waals surface area contributed by atoms with E-state index in [1.165, 1.54) is 13.0 Å². The predicted octanol–water partition coefficient (Wildman–Crippen LogP) is 3.14. The zero-order valence-electron chi connectivity index (χ0n) is 11.5. The lowest BCUT2D eigenvalue weighted by atomic mass is 10.0. The quantitative estimate of drug-likeness (QED) is 0.932. The lowest BCUT2D eigenvalue weighted by molar-refractivity contribution is -0.119. The fourth-order valence-corrected chi connectivity index (χ4v) is 3.07. The Hall–Kier alpha value is -1.43. The molecule has 0 radical (unpaired) electrons. The van der Waals surface area contributed by atoms with Crippen molar-refractivity contribution in [2.75, 3.05) is 6.67 Å². The molecule has 0 bridgehead atoms. The molecule has 2 atom stereocenters. The lowest BCUT2D eigenvalue weighted by Gasteiger charge is -2.19. The molecule has 1 unspecified atom stereocenters. The topological polar surface area (TPSA) is 41.5 Å². The van der Waals surface area contributed by atoms with Crippen LogP contribution in [0.3, 0.4) is 0 Å². The van der Waals surface area contributed by atoms with Crippen molar-refractivity contribution in [3.8, 4) is 0 Å². The molecule has 0 fully saturated rings. The number of hydrogen-bond donors (Lipinski definition) is 1. The number of thioether (sulfide) groups is 1. The molecule has 1 heterocycles. The summed E-state index contributed by atoms with van der Waals surface area (Å²) in [6.07, 6.45) is 0. The largest absolute Gasteiger partial charge is 0.358 e. The number of benzene rings is 1. The highest BCUT2D eigenvalue weighted by Gasteiger charge is 2.41. The van der Waals surface area contributed by atoms with Gasteiger partial charge in [0.15, 0.2) is 5.17 Å². The Morgan fingerprint density at radius 2 is 2.20 bits per heavy atom. The van der Waals surface area contributed by atoms with Gasteiger partial charge in [-0.2, -0.15) is 4.99 Å². The smallest absolute Gasteiger partial charge is 0.267 e. The van der Waals surface area contributed by atoms with Gasteiger partial charge in [-0.05, 0) is 32.4 Å². The number of halogens is 2. The van der Waals surface area contributed by atoms with Crippen LogP contribution < -0.4 is 5.32 Å². The molecule has 2 rings (SSSR count). The van der Waals surface area contributed by atoms with Crippen molar-refractivity contribution in [2.24, 2.45) is 4.99 Å². The maximum absolute atomic E-state index is 13.9. The summed E-state index contributed by atoms with van der Waals surface area (Å²) in [5, 5.41) is 3.32. The highest BCUT2D eigenvalue weighted by Crippen LogP contribution is 2.34. The molecule has 0 saturated heterocycles. The number of carbonyl (C=O) groups is 1. The Morgan fingerprint density at radius 3 is 2.75 bits per heavy atom. The van der Waals surface area contributed by atoms with Crippen LogP contribution >= 0.6 is 11.8 Å². The predicted molar refractivity (Wildman–Crippen MR) is 77.1 cm³/mol. The third kappa shape index (κ3) is 2.70. The van der Waals surface area contributed by atoms with Crippen LogP contribution in [0, 0.1) is 12.7 Å². The van der Waals surface area contributed by atoms with Crippen molar-refractivity contribution in [1.82, 2.24) is 5.32 Å². The minimum atomic E-state index is -1.16. The second-order valence-corrected chi connectivity index (χ2v) is 6.52. The van der Waals surface area contributed by atoms with Crippen LogP contribution in [0.2, 0.25) is 0 Å². The van der Waals surface area contributed by atoms with E-state index in [0.29, 0.717) is 10.7 Å². The van der Waals surface area contributed by atoms with Crippen LogP contribution in [0.15, 0.2) is 23.2 Å². The van der Waals surface area contributed by atoms with E-state index < -0.39 is 17.3 Å². The summed E-state index contributed by atoms with van der Waals surface area (Å²) >= 11 is 1.05. The molecule has 0 spiro atoms. The van der Waals surface area contributed by atoms with Crippen molar-refractivity contribution in [2.45, 2.75) is 31.6 Å². The van der Waals surface area contributed by atoms with E-state index in [1.54, 1.807) is 13.0 Å². The summed E-state index contributed by atoms with van der Waals surface area (Å²) in [6.45, 7) is 4.33. The number of rotatable bonds is 3. The number of nitrogens with one attached hydrogen (secondary N) is 1. The van der Waals surface area contributed by atoms with Crippen molar-refractivity contribution < 1.29 is 13.6 Å². The van der Waals surface area contributed by atoms with E-state index in [9.17, 15) is 13.6 Å². The molecule has 1 aliphatic rings. The van der Waals surface area contributed by atoms with E-state index in [2.05, 4.69) is 10.3 Å². The molecule has 1 aromatic carbocycles. The minimum absolute atomic E-state index is 0.312. The summed E-state index contributed by atoms with van der Waals surface area (Å²) in [5.41, 5.74) is 1.34. The number of alkyl halides is 1. The minimum Gasteiger partial charge on any atom is -0.358 e. The average Bonchev–Trinajstić information content (AvgIpc) is 2.65. The van der Waals surface area contributed by atoms with Crippen molar-refractivity contribution in [3.63, 3.8) is 0 Å². The van der Waals surface area contributed by atoms with Crippen LogP contribution in [0.25, 0.3) is 0 Å². The van der Waals surface area contributed by atoms with Crippen LogP contribution in [-0.2, 0) is 4.79 Å². The average molecular weight is 298 g/mol. The molecule has 6 heteroatoms. The Morgan fingerprint density at radius 1 is 1.50 bits per heavy atom. The lowest BCUT2D eigenvalue weighted by Crippen LogP contribution is -2.30. The Kier molecular flexibility index (Phi) is 4.13. The molecular weight excluding hydrogens is 282 g/mol. The van der Waals surface area contributed by atoms with Gasteiger partial charge in [0.25, 0.3) is 5.91 Å². The fraction of sp³-hybridized carbons (Fsp3) is 0.429. The number of amidine groups is 1. The first kappa shape index (κ1) is 15.0. The third-order valence-corrected chi connectivity index (χ3v) is 4.41. The SMILES string of the molecule is Cc1cccc(F)c1[C@H](C)NC1=NC(=O)C(C)(CF)S1. The van der Waals surface area contributed by atoms with E-state index in [1.807, 2.05) is 13.0 Å². The summed E-state index contributed by atoms with van der Waals surface area (Å²) < 4.78 is 25.6. The van der Waals surface area contributed by atoms with Gasteiger partial charge < -0.3 is 5.32 Å². The van der Waals surface area contributed by atoms with Crippen molar-refractivity contribution in [1.29, 1.82) is 0 Å². The first-order valence-electron chi connectivity index (χ1n) is 6.27. The second-order valence-electron chi connectivity index (χ2n) is 5.03. The van der Waals surface area contributed by atoms with Gasteiger partial charge in [-0.25, -0.2) is 8.78 Å². The zero-order valence-corrected chi connectivity index (χ0v) is 12.4. The van der Waals surface area contributed by atoms with Crippen molar-refractivity contribution >= 4 is 22.8 Å². The number of amides is 1. The Bertz CT molecular complexity index is 556. The molecule has 1 aliphatic heterocycles. The number of aryl methyl sites for hydroxylation is 1. The van der Waals surface area contributed by atoms with Gasteiger partial charge >= 0.3 is 0 Å². The van der Waals surface area contributed by atoms with E-state index in [-0.39, 0.29) is 11.9 Å². The van der Waals surface area contributed by atoms with Gasteiger partial charge in [0.05, 0.1) is 6.04 Å². The molecule has 1 amide bonds. The molecule has 1 N–H and O–H groups in total. The van der Waals surface area contributed by atoms with Gasteiger partial charge in [-0.3, -0.25) is 4.79 Å². The monoisotopic (exact) mass is 298 g/mol. The first-order valence-corrected chi connectivity index (χ1v) is 7.08. The summed E-state index contributed by atoms with van der Waals surface area (Å²) in [5.74, 6) is -0.807. The van der Waals surface area contributed by atoms with E-state index >= 15 is 0 Å². The second kappa shape index (κ2) is 5.52. The normalized spacial score (nSPS) is 23.6. The molecule has 20 heavy (non-hydrogen) atoms. The van der Waals surface area contributed by atoms with E-state index in [0.717, 1.165) is 17.3 Å². The zero-order chi connectivity index (χ0) is 14.9. The molecule has 108 valence electrons. The standard InChI is InChI=1S/C14H16F2N2OS/c1-8-5-4-6-10(16)11(8)9(2)17-13-18-12(19)14(3,7-15)20-13/h4-6,9H,7H2,1-3H3,(H,17,18,19)/t9-,14?/m0/s1. The third-order valence-electron chi connectivity index (χ3n) is 3.28. The van der Waals surface area contributed by atoms with Crippen LogP contribution in [0.1, 0.15) is 31.0 Å². The van der Waals surface area contributed by atoms with Crippen LogP contribution in [0.5, 0.6) is 0 Å². The highest BCUT2D eigenvalue weighted by molar-refractivity contribution is 8.16. The van der Waals surface area contributed by atoms with Gasteiger partial charge in [0.2, 0.25) is 0 Å². The number of aliphatic imine (C=N–C) groups is 1. The van der Waals surface area contributed by atoms with Gasteiger partial charge in [0.1, 0.15) is 17.2 Å². The molecule has 3 nitrogen and oxygen atoms in total. The highest BCUT2D eigenvalue weighted by atomic mass is 32.2. The number of nitrogens with zero attached hydrogens (tertiary/aromatic N) is 1. The van der Waals surface area contributed by atoms with Gasteiger partial charge in [-0.15, -0.1) is 0 Å². The van der Waals surface area contributed by atoms with E-state index in [4.69, 9.17) is 0 Å². The van der Waals surface area contributed by atoms with Crippen LogP contribution in [-0.4, -0.2) is 22.5 Å². The number of hydrogen-bond acceptors (Lipinski definition) is 3. The summed E-state index contributed by atoms with van der Waals surface area (Å²) in [6, 6.07) is 4.50. The number of carbonyl (C=O) groups excluding carboxylic acids is 1. The summed E-state index contributed by atoms with van der Waals surface area (Å²) in [4.78, 5) is 15.4. The molecule has 0 saturated carbocycles. The first-order chi connectivity index (χ1) is 9.37. The van der Waals surface area contributed by atoms with Gasteiger partial charge in [-0.1, -0.05) is 23.9 Å². The molecular formula is C14H16F2N2OS.